The van der Waals surface area contributed by atoms with E-state index in [1.165, 1.54) is 31.3 Å². The maximum atomic E-state index is 12.1. The van der Waals surface area contributed by atoms with Crippen LogP contribution in [0.5, 0.6) is 0 Å². The topological polar surface area (TPSA) is 17.1 Å². The summed E-state index contributed by atoms with van der Waals surface area (Å²) >= 11 is 0. The zero-order valence-electron chi connectivity index (χ0n) is 10.5. The predicted molar refractivity (Wildman–Crippen MR) is 62.9 cm³/mol. The summed E-state index contributed by atoms with van der Waals surface area (Å²) in [6.07, 6.45) is 7.26. The van der Waals surface area contributed by atoms with Crippen molar-refractivity contribution in [3.8, 4) is 0 Å². The van der Waals surface area contributed by atoms with Gasteiger partial charge in [-0.05, 0) is 60.8 Å². The van der Waals surface area contributed by atoms with Crippen LogP contribution in [-0.2, 0) is 4.79 Å². The first-order valence-corrected chi connectivity index (χ1v) is 6.68. The summed E-state index contributed by atoms with van der Waals surface area (Å²) in [7, 11) is 0. The van der Waals surface area contributed by atoms with Gasteiger partial charge >= 0.3 is 0 Å². The first kappa shape index (κ1) is 9.44. The van der Waals surface area contributed by atoms with Crippen LogP contribution in [0.15, 0.2) is 11.6 Å². The van der Waals surface area contributed by atoms with Gasteiger partial charge in [-0.25, -0.2) is 0 Å². The molecule has 0 aromatic rings. The minimum atomic E-state index is 0.304. The molecule has 3 saturated carbocycles. The summed E-state index contributed by atoms with van der Waals surface area (Å²) in [6, 6.07) is 0. The van der Waals surface area contributed by atoms with Gasteiger partial charge in [-0.3, -0.25) is 4.79 Å². The van der Waals surface area contributed by atoms with Crippen molar-refractivity contribution in [2.24, 2.45) is 28.1 Å². The van der Waals surface area contributed by atoms with E-state index in [0.717, 1.165) is 5.92 Å². The van der Waals surface area contributed by atoms with Crippen LogP contribution >= 0.6 is 0 Å². The van der Waals surface area contributed by atoms with Crippen molar-refractivity contribution in [1.82, 2.24) is 0 Å². The van der Waals surface area contributed by atoms with Crippen LogP contribution in [-0.4, -0.2) is 5.78 Å². The molecule has 1 nitrogen and oxygen atoms in total. The van der Waals surface area contributed by atoms with Crippen molar-refractivity contribution < 1.29 is 4.79 Å². The molecule has 0 N–H and O–H groups in total. The fourth-order valence-electron chi connectivity index (χ4n) is 6.24. The third kappa shape index (κ3) is 0.585. The lowest BCUT2D eigenvalue weighted by Gasteiger charge is -2.69. The Labute approximate surface area is 97.3 Å². The quantitative estimate of drug-likeness (QED) is 0.607. The first-order chi connectivity index (χ1) is 7.46. The number of carbonyl (C=O) groups is 1. The highest BCUT2D eigenvalue weighted by atomic mass is 16.1. The molecule has 0 heterocycles. The fraction of sp³-hybridized carbons (Fsp3) is 0.800. The molecular weight excluding hydrogens is 196 g/mol. The second-order valence-corrected chi connectivity index (χ2v) is 7.13. The Morgan fingerprint density at radius 3 is 2.81 bits per heavy atom. The van der Waals surface area contributed by atoms with E-state index in [2.05, 4.69) is 20.8 Å². The number of rotatable bonds is 0. The van der Waals surface area contributed by atoms with E-state index in [4.69, 9.17) is 0 Å². The molecule has 86 valence electrons. The van der Waals surface area contributed by atoms with E-state index in [9.17, 15) is 4.79 Å². The Hall–Kier alpha value is -0.590. The zero-order chi connectivity index (χ0) is 11.3. The average molecular weight is 216 g/mol. The second-order valence-electron chi connectivity index (χ2n) is 7.13. The van der Waals surface area contributed by atoms with Gasteiger partial charge in [-0.1, -0.05) is 19.4 Å². The zero-order valence-corrected chi connectivity index (χ0v) is 10.5. The lowest BCUT2D eigenvalue weighted by atomic mass is 9.34. The van der Waals surface area contributed by atoms with Gasteiger partial charge in [-0.15, -0.1) is 0 Å². The molecule has 4 aliphatic carbocycles. The van der Waals surface area contributed by atoms with Crippen molar-refractivity contribution in [2.75, 3.05) is 0 Å². The third-order valence-electron chi connectivity index (χ3n) is 7.38. The van der Waals surface area contributed by atoms with Gasteiger partial charge in [0.15, 0.2) is 5.78 Å². The Balaban J connectivity index is 2.01. The Bertz CT molecular complexity index is 448. The van der Waals surface area contributed by atoms with Crippen LogP contribution in [0.1, 0.15) is 46.5 Å². The number of hydrogen-bond donors (Lipinski definition) is 0. The molecular formula is C15H20O. The standard InChI is InChI=1S/C15H20O/c1-9-6-12(16)11-8-13(2)10-4-5-15(9,7-10)14(11,13)3/h6,10-11H,4-5,7-8H2,1-3H3/t10-,11-,13+,14+,15+/m1/s1. The van der Waals surface area contributed by atoms with Crippen molar-refractivity contribution in [3.05, 3.63) is 11.6 Å². The van der Waals surface area contributed by atoms with Crippen molar-refractivity contribution >= 4 is 5.78 Å². The molecule has 16 heavy (non-hydrogen) atoms. The van der Waals surface area contributed by atoms with E-state index in [1.807, 2.05) is 6.08 Å². The minimum absolute atomic E-state index is 0.304. The molecule has 0 aromatic heterocycles. The Morgan fingerprint density at radius 2 is 2.06 bits per heavy atom. The van der Waals surface area contributed by atoms with Crippen molar-refractivity contribution in [3.63, 3.8) is 0 Å². The van der Waals surface area contributed by atoms with E-state index in [-0.39, 0.29) is 0 Å². The monoisotopic (exact) mass is 216 g/mol. The number of carbonyl (C=O) groups excluding carboxylic acids is 1. The molecule has 4 aliphatic rings. The number of fused-ring (bicyclic) bond motifs is 2. The largest absolute Gasteiger partial charge is 0.295 e. The number of hydrogen-bond acceptors (Lipinski definition) is 1. The molecule has 3 fully saturated rings. The normalized spacial score (nSPS) is 61.7. The molecule has 0 aliphatic heterocycles. The minimum Gasteiger partial charge on any atom is -0.295 e. The van der Waals surface area contributed by atoms with E-state index in [0.29, 0.717) is 27.9 Å². The summed E-state index contributed by atoms with van der Waals surface area (Å²) in [6.45, 7) is 7.10. The van der Waals surface area contributed by atoms with Gasteiger partial charge in [0.1, 0.15) is 0 Å². The summed E-state index contributed by atoms with van der Waals surface area (Å²) in [5.41, 5.74) is 2.59. The highest BCUT2D eigenvalue weighted by Gasteiger charge is 2.80. The molecule has 0 amide bonds. The molecule has 2 bridgehead atoms. The van der Waals surface area contributed by atoms with Crippen LogP contribution in [0, 0.1) is 28.1 Å². The summed E-state index contributed by atoms with van der Waals surface area (Å²) in [5, 5.41) is 0. The van der Waals surface area contributed by atoms with Crippen molar-refractivity contribution in [1.29, 1.82) is 0 Å². The smallest absolute Gasteiger partial charge is 0.159 e. The number of allylic oxidation sites excluding steroid dienone is 2. The van der Waals surface area contributed by atoms with Crippen LogP contribution in [0.3, 0.4) is 0 Å². The van der Waals surface area contributed by atoms with Crippen LogP contribution < -0.4 is 0 Å². The van der Waals surface area contributed by atoms with Gasteiger partial charge in [0, 0.05) is 5.92 Å². The lowest BCUT2D eigenvalue weighted by Crippen LogP contribution is -2.65. The highest BCUT2D eigenvalue weighted by molar-refractivity contribution is 5.96. The third-order valence-corrected chi connectivity index (χ3v) is 7.38. The summed E-state index contributed by atoms with van der Waals surface area (Å²) < 4.78 is 0. The van der Waals surface area contributed by atoms with Crippen molar-refractivity contribution in [2.45, 2.75) is 46.5 Å². The summed E-state index contributed by atoms with van der Waals surface area (Å²) in [4.78, 5) is 12.1. The molecule has 5 atom stereocenters. The van der Waals surface area contributed by atoms with Crippen LogP contribution in [0.4, 0.5) is 0 Å². The maximum Gasteiger partial charge on any atom is 0.159 e. The lowest BCUT2D eigenvalue weighted by molar-refractivity contribution is -0.192. The summed E-state index contributed by atoms with van der Waals surface area (Å²) in [5.74, 6) is 1.67. The van der Waals surface area contributed by atoms with E-state index >= 15 is 0 Å². The van der Waals surface area contributed by atoms with Crippen LogP contribution in [0.2, 0.25) is 0 Å². The molecule has 0 aromatic carbocycles. The molecule has 0 saturated heterocycles. The first-order valence-electron chi connectivity index (χ1n) is 6.68. The second kappa shape index (κ2) is 2.19. The predicted octanol–water partition coefficient (Wildman–Crippen LogP) is 3.35. The van der Waals surface area contributed by atoms with E-state index < -0.39 is 0 Å². The number of ketones is 1. The van der Waals surface area contributed by atoms with Crippen LogP contribution in [0.25, 0.3) is 0 Å². The van der Waals surface area contributed by atoms with Gasteiger partial charge < -0.3 is 0 Å². The van der Waals surface area contributed by atoms with Gasteiger partial charge in [0.2, 0.25) is 0 Å². The van der Waals surface area contributed by atoms with Gasteiger partial charge in [0.05, 0.1) is 0 Å². The molecule has 1 heteroatoms. The Morgan fingerprint density at radius 1 is 1.31 bits per heavy atom. The molecule has 0 radical (unpaired) electrons. The maximum absolute atomic E-state index is 12.1. The molecule has 0 unspecified atom stereocenters. The highest BCUT2D eigenvalue weighted by Crippen LogP contribution is 2.85. The Kier molecular flexibility index (Phi) is 1.29. The van der Waals surface area contributed by atoms with Gasteiger partial charge in [0.25, 0.3) is 0 Å². The molecule has 1 spiro atoms. The SMILES string of the molecule is CC1=CC(=O)[C@H]2C[C@@]3(C)[C@@H]4CC[C@@]1(C4)[C@@]23C. The molecule has 4 rings (SSSR count). The fourth-order valence-corrected chi connectivity index (χ4v) is 6.24. The van der Waals surface area contributed by atoms with Gasteiger partial charge in [-0.2, -0.15) is 0 Å². The average Bonchev–Trinajstić information content (AvgIpc) is 2.72. The van der Waals surface area contributed by atoms with E-state index in [1.54, 1.807) is 0 Å².